The first-order valence-electron chi connectivity index (χ1n) is 5.25. The Morgan fingerprint density at radius 2 is 2.14 bits per heavy atom. The zero-order chi connectivity index (χ0) is 10.4. The SMILES string of the molecule is CCC(O)(CC)CNCc1cc[nH]c1. The van der Waals surface area contributed by atoms with E-state index in [4.69, 9.17) is 0 Å². The van der Waals surface area contributed by atoms with Gasteiger partial charge in [0, 0.05) is 25.5 Å². The molecule has 0 amide bonds. The maximum atomic E-state index is 9.99. The summed E-state index contributed by atoms with van der Waals surface area (Å²) < 4.78 is 0. The number of aromatic amines is 1. The van der Waals surface area contributed by atoms with Crippen molar-refractivity contribution in [3.8, 4) is 0 Å². The highest BCUT2D eigenvalue weighted by Crippen LogP contribution is 2.12. The monoisotopic (exact) mass is 196 g/mol. The third-order valence-electron chi connectivity index (χ3n) is 2.76. The van der Waals surface area contributed by atoms with Gasteiger partial charge in [-0.1, -0.05) is 13.8 Å². The number of aliphatic hydroxyl groups is 1. The smallest absolute Gasteiger partial charge is 0.0766 e. The zero-order valence-corrected chi connectivity index (χ0v) is 9.01. The van der Waals surface area contributed by atoms with Crippen molar-refractivity contribution < 1.29 is 5.11 Å². The van der Waals surface area contributed by atoms with Crippen molar-refractivity contribution in [3.05, 3.63) is 24.0 Å². The minimum atomic E-state index is -0.545. The van der Waals surface area contributed by atoms with Crippen LogP contribution < -0.4 is 5.32 Å². The average Bonchev–Trinajstić information content (AvgIpc) is 2.70. The van der Waals surface area contributed by atoms with Crippen molar-refractivity contribution in [3.63, 3.8) is 0 Å². The average molecular weight is 196 g/mol. The van der Waals surface area contributed by atoms with E-state index < -0.39 is 5.60 Å². The van der Waals surface area contributed by atoms with Crippen LogP contribution in [0.2, 0.25) is 0 Å². The van der Waals surface area contributed by atoms with Crippen LogP contribution in [0.5, 0.6) is 0 Å². The first-order chi connectivity index (χ1) is 6.70. The second-order valence-electron chi connectivity index (χ2n) is 3.75. The van der Waals surface area contributed by atoms with Gasteiger partial charge in [0.15, 0.2) is 0 Å². The molecule has 1 heterocycles. The molecule has 0 saturated carbocycles. The minimum absolute atomic E-state index is 0.545. The molecule has 1 rings (SSSR count). The van der Waals surface area contributed by atoms with E-state index in [9.17, 15) is 5.11 Å². The van der Waals surface area contributed by atoms with Crippen molar-refractivity contribution in [2.24, 2.45) is 0 Å². The lowest BCUT2D eigenvalue weighted by molar-refractivity contribution is 0.0323. The number of aromatic nitrogens is 1. The summed E-state index contributed by atoms with van der Waals surface area (Å²) in [6.45, 7) is 5.50. The molecule has 1 aromatic rings. The molecule has 0 bridgehead atoms. The van der Waals surface area contributed by atoms with Crippen LogP contribution in [0.4, 0.5) is 0 Å². The molecule has 0 radical (unpaired) electrons. The van der Waals surface area contributed by atoms with Crippen LogP contribution in [0, 0.1) is 0 Å². The van der Waals surface area contributed by atoms with E-state index in [2.05, 4.69) is 10.3 Å². The summed E-state index contributed by atoms with van der Waals surface area (Å²) in [5.41, 5.74) is 0.676. The molecule has 0 saturated heterocycles. The van der Waals surface area contributed by atoms with Crippen LogP contribution in [0.25, 0.3) is 0 Å². The highest BCUT2D eigenvalue weighted by molar-refractivity contribution is 5.07. The molecular weight excluding hydrogens is 176 g/mol. The number of nitrogens with one attached hydrogen (secondary N) is 2. The molecule has 0 atom stereocenters. The Balaban J connectivity index is 2.27. The quantitative estimate of drug-likeness (QED) is 0.648. The topological polar surface area (TPSA) is 48.0 Å². The molecular formula is C11H20N2O. The van der Waals surface area contributed by atoms with Crippen LogP contribution >= 0.6 is 0 Å². The fraction of sp³-hybridized carbons (Fsp3) is 0.636. The standard InChI is InChI=1S/C11H20N2O/c1-3-11(14,4-2)9-13-8-10-5-6-12-7-10/h5-7,12-14H,3-4,8-9H2,1-2H3. The van der Waals surface area contributed by atoms with Crippen LogP contribution in [0.1, 0.15) is 32.3 Å². The van der Waals surface area contributed by atoms with E-state index in [1.165, 1.54) is 5.56 Å². The molecule has 0 unspecified atom stereocenters. The first kappa shape index (κ1) is 11.3. The number of rotatable bonds is 6. The minimum Gasteiger partial charge on any atom is -0.389 e. The molecule has 0 aliphatic carbocycles. The molecule has 14 heavy (non-hydrogen) atoms. The molecule has 3 heteroatoms. The van der Waals surface area contributed by atoms with Gasteiger partial charge in [-0.2, -0.15) is 0 Å². The molecule has 0 aliphatic rings. The van der Waals surface area contributed by atoms with Crippen LogP contribution in [0.3, 0.4) is 0 Å². The van der Waals surface area contributed by atoms with Gasteiger partial charge in [0.2, 0.25) is 0 Å². The molecule has 0 aliphatic heterocycles. The lowest BCUT2D eigenvalue weighted by Crippen LogP contribution is -2.39. The van der Waals surface area contributed by atoms with Gasteiger partial charge in [-0.15, -0.1) is 0 Å². The Kier molecular flexibility index (Phi) is 4.17. The lowest BCUT2D eigenvalue weighted by atomic mass is 9.97. The maximum absolute atomic E-state index is 9.99. The summed E-state index contributed by atoms with van der Waals surface area (Å²) in [5, 5.41) is 13.2. The molecule has 3 N–H and O–H groups in total. The van der Waals surface area contributed by atoms with Gasteiger partial charge in [0.25, 0.3) is 0 Å². The Labute approximate surface area is 85.5 Å². The highest BCUT2D eigenvalue weighted by atomic mass is 16.3. The van der Waals surface area contributed by atoms with Crippen LogP contribution in [-0.2, 0) is 6.54 Å². The fourth-order valence-corrected chi connectivity index (χ4v) is 1.41. The summed E-state index contributed by atoms with van der Waals surface area (Å²) in [6.07, 6.45) is 5.46. The third-order valence-corrected chi connectivity index (χ3v) is 2.76. The van der Waals surface area contributed by atoms with E-state index in [0.29, 0.717) is 6.54 Å². The maximum Gasteiger partial charge on any atom is 0.0766 e. The van der Waals surface area contributed by atoms with Gasteiger partial charge in [-0.3, -0.25) is 0 Å². The second kappa shape index (κ2) is 5.17. The highest BCUT2D eigenvalue weighted by Gasteiger charge is 2.20. The van der Waals surface area contributed by atoms with Gasteiger partial charge >= 0.3 is 0 Å². The van der Waals surface area contributed by atoms with Crippen molar-refractivity contribution in [2.45, 2.75) is 38.8 Å². The van der Waals surface area contributed by atoms with E-state index in [1.807, 2.05) is 32.3 Å². The largest absolute Gasteiger partial charge is 0.389 e. The molecule has 0 fully saturated rings. The Morgan fingerprint density at radius 1 is 1.43 bits per heavy atom. The number of hydrogen-bond donors (Lipinski definition) is 3. The second-order valence-corrected chi connectivity index (χ2v) is 3.75. The third kappa shape index (κ3) is 3.16. The van der Waals surface area contributed by atoms with Gasteiger partial charge < -0.3 is 15.4 Å². The number of H-pyrrole nitrogens is 1. The Hall–Kier alpha value is -0.800. The summed E-state index contributed by atoms with van der Waals surface area (Å²) >= 11 is 0. The summed E-state index contributed by atoms with van der Waals surface area (Å²) in [5.74, 6) is 0. The van der Waals surface area contributed by atoms with E-state index in [0.717, 1.165) is 19.4 Å². The molecule has 1 aromatic heterocycles. The molecule has 80 valence electrons. The fourth-order valence-electron chi connectivity index (χ4n) is 1.41. The zero-order valence-electron chi connectivity index (χ0n) is 9.01. The van der Waals surface area contributed by atoms with E-state index in [1.54, 1.807) is 0 Å². The van der Waals surface area contributed by atoms with Crippen molar-refractivity contribution in [1.29, 1.82) is 0 Å². The Bertz CT molecular complexity index is 240. The van der Waals surface area contributed by atoms with Crippen LogP contribution in [-0.4, -0.2) is 22.2 Å². The van der Waals surface area contributed by atoms with Crippen LogP contribution in [0.15, 0.2) is 18.5 Å². The summed E-state index contributed by atoms with van der Waals surface area (Å²) in [6, 6.07) is 2.03. The molecule has 0 spiro atoms. The molecule has 0 aromatic carbocycles. The van der Waals surface area contributed by atoms with Gasteiger partial charge in [-0.25, -0.2) is 0 Å². The molecule has 3 nitrogen and oxygen atoms in total. The van der Waals surface area contributed by atoms with E-state index >= 15 is 0 Å². The normalized spacial score (nSPS) is 11.9. The van der Waals surface area contributed by atoms with E-state index in [-0.39, 0.29) is 0 Å². The van der Waals surface area contributed by atoms with Crippen molar-refractivity contribution >= 4 is 0 Å². The predicted octanol–water partition coefficient (Wildman–Crippen LogP) is 1.66. The van der Waals surface area contributed by atoms with Gasteiger partial charge in [0.1, 0.15) is 0 Å². The first-order valence-corrected chi connectivity index (χ1v) is 5.25. The Morgan fingerprint density at radius 3 is 2.64 bits per heavy atom. The summed E-state index contributed by atoms with van der Waals surface area (Å²) in [7, 11) is 0. The number of hydrogen-bond acceptors (Lipinski definition) is 2. The van der Waals surface area contributed by atoms with Crippen molar-refractivity contribution in [2.75, 3.05) is 6.54 Å². The van der Waals surface area contributed by atoms with Gasteiger partial charge in [-0.05, 0) is 24.5 Å². The predicted molar refractivity (Wildman–Crippen MR) is 58.0 cm³/mol. The van der Waals surface area contributed by atoms with Gasteiger partial charge in [0.05, 0.1) is 5.60 Å². The lowest BCUT2D eigenvalue weighted by Gasteiger charge is -2.25. The van der Waals surface area contributed by atoms with Crippen molar-refractivity contribution in [1.82, 2.24) is 10.3 Å². The summed E-state index contributed by atoms with van der Waals surface area (Å²) in [4.78, 5) is 3.00.